The van der Waals surface area contributed by atoms with Gasteiger partial charge in [0.15, 0.2) is 11.5 Å². The number of hydrogen-bond donors (Lipinski definition) is 0. The topological polar surface area (TPSA) is 44.8 Å². The molecule has 0 amide bonds. The van der Waals surface area contributed by atoms with Crippen molar-refractivity contribution in [2.45, 2.75) is 52.7 Å². The molecule has 0 bridgehead atoms. The molecular weight excluding hydrogens is 313 g/mol. The minimum Gasteiger partial charge on any atom is -0.448 e. The number of benzene rings is 1. The molecule has 0 aliphatic carbocycles. The summed E-state index contributed by atoms with van der Waals surface area (Å²) in [6, 6.07) is 4.16. The molecular formula is C16H19F3O4. The number of halogens is 3. The first-order valence-electron chi connectivity index (χ1n) is 7.10. The standard InChI is InChI=1S/C16H19F3O4/c1-9(20)21-13(16(17,18)19)10-7-6-8-11-12(10)23-15(5,22-11)14(2,3)4/h6-8,13H,1-5H3/t13-,15+/m0/s1. The van der Waals surface area contributed by atoms with Crippen molar-refractivity contribution in [2.75, 3.05) is 0 Å². The summed E-state index contributed by atoms with van der Waals surface area (Å²) in [5.74, 6) is -2.00. The molecule has 1 aliphatic heterocycles. The Hall–Kier alpha value is -1.92. The van der Waals surface area contributed by atoms with Gasteiger partial charge in [0.2, 0.25) is 6.10 Å². The fourth-order valence-corrected chi connectivity index (χ4v) is 2.13. The monoisotopic (exact) mass is 332 g/mol. The van der Waals surface area contributed by atoms with E-state index < -0.39 is 29.5 Å². The third-order valence-corrected chi connectivity index (χ3v) is 3.84. The van der Waals surface area contributed by atoms with Gasteiger partial charge >= 0.3 is 12.1 Å². The Balaban J connectivity index is 2.49. The highest BCUT2D eigenvalue weighted by Crippen LogP contribution is 2.51. The molecule has 2 rings (SSSR count). The molecule has 128 valence electrons. The molecule has 1 aromatic carbocycles. The fourth-order valence-electron chi connectivity index (χ4n) is 2.13. The number of esters is 1. The number of fused-ring (bicyclic) bond motifs is 1. The number of carbonyl (C=O) groups is 1. The normalized spacial score (nSPS) is 21.9. The summed E-state index contributed by atoms with van der Waals surface area (Å²) in [5, 5.41) is 0. The summed E-state index contributed by atoms with van der Waals surface area (Å²) in [7, 11) is 0. The molecule has 0 saturated carbocycles. The van der Waals surface area contributed by atoms with Gasteiger partial charge in [0.25, 0.3) is 5.79 Å². The van der Waals surface area contributed by atoms with Gasteiger partial charge in [-0.1, -0.05) is 32.9 Å². The Morgan fingerprint density at radius 1 is 1.22 bits per heavy atom. The largest absolute Gasteiger partial charge is 0.448 e. The summed E-state index contributed by atoms with van der Waals surface area (Å²) in [6.07, 6.45) is -7.16. The second kappa shape index (κ2) is 5.32. The second-order valence-electron chi connectivity index (χ2n) is 6.61. The molecule has 0 fully saturated rings. The van der Waals surface area contributed by atoms with E-state index in [0.717, 1.165) is 6.92 Å². The average molecular weight is 332 g/mol. The van der Waals surface area contributed by atoms with Crippen molar-refractivity contribution in [3.63, 3.8) is 0 Å². The predicted octanol–water partition coefficient (Wildman–Crippen LogP) is 4.39. The van der Waals surface area contributed by atoms with Crippen molar-refractivity contribution in [1.82, 2.24) is 0 Å². The predicted molar refractivity (Wildman–Crippen MR) is 76.1 cm³/mol. The number of ether oxygens (including phenoxy) is 3. The summed E-state index contributed by atoms with van der Waals surface area (Å²) < 4.78 is 55.8. The van der Waals surface area contributed by atoms with Crippen LogP contribution in [0.4, 0.5) is 13.2 Å². The first kappa shape index (κ1) is 17.4. The van der Waals surface area contributed by atoms with Gasteiger partial charge in [0.05, 0.1) is 0 Å². The lowest BCUT2D eigenvalue weighted by molar-refractivity contribution is -0.223. The average Bonchev–Trinajstić information content (AvgIpc) is 2.71. The van der Waals surface area contributed by atoms with E-state index in [0.29, 0.717) is 0 Å². The van der Waals surface area contributed by atoms with Crippen LogP contribution in [0, 0.1) is 5.41 Å². The van der Waals surface area contributed by atoms with E-state index in [1.165, 1.54) is 18.2 Å². The van der Waals surface area contributed by atoms with E-state index in [1.807, 2.05) is 20.8 Å². The number of rotatable bonds is 2. The van der Waals surface area contributed by atoms with Gasteiger partial charge in [0.1, 0.15) is 0 Å². The Morgan fingerprint density at radius 2 is 1.83 bits per heavy atom. The Bertz CT molecular complexity index is 619. The summed E-state index contributed by atoms with van der Waals surface area (Å²) in [6.45, 7) is 8.15. The molecule has 1 aliphatic rings. The number of hydrogen-bond acceptors (Lipinski definition) is 4. The van der Waals surface area contributed by atoms with E-state index in [4.69, 9.17) is 9.47 Å². The molecule has 4 nitrogen and oxygen atoms in total. The van der Waals surface area contributed by atoms with Crippen LogP contribution in [0.5, 0.6) is 11.5 Å². The lowest BCUT2D eigenvalue weighted by Crippen LogP contribution is -2.47. The highest BCUT2D eigenvalue weighted by Gasteiger charge is 2.51. The summed E-state index contributed by atoms with van der Waals surface area (Å²) in [4.78, 5) is 11.1. The van der Waals surface area contributed by atoms with E-state index in [2.05, 4.69) is 4.74 Å². The number of alkyl halides is 3. The molecule has 0 aromatic heterocycles. The van der Waals surface area contributed by atoms with Gasteiger partial charge in [0, 0.05) is 24.8 Å². The lowest BCUT2D eigenvalue weighted by Gasteiger charge is -2.36. The molecule has 1 aromatic rings. The van der Waals surface area contributed by atoms with Gasteiger partial charge in [-0.2, -0.15) is 13.2 Å². The number of carbonyl (C=O) groups excluding carboxylic acids is 1. The second-order valence-corrected chi connectivity index (χ2v) is 6.61. The van der Waals surface area contributed by atoms with Gasteiger partial charge < -0.3 is 14.2 Å². The van der Waals surface area contributed by atoms with E-state index >= 15 is 0 Å². The van der Waals surface area contributed by atoms with Gasteiger partial charge in [-0.15, -0.1) is 0 Å². The van der Waals surface area contributed by atoms with Crippen LogP contribution in [0.15, 0.2) is 18.2 Å². The van der Waals surface area contributed by atoms with Crippen LogP contribution in [-0.2, 0) is 9.53 Å². The van der Waals surface area contributed by atoms with Crippen LogP contribution < -0.4 is 9.47 Å². The van der Waals surface area contributed by atoms with Crippen LogP contribution in [0.3, 0.4) is 0 Å². The maximum Gasteiger partial charge on any atom is 0.429 e. The third kappa shape index (κ3) is 3.23. The zero-order valence-electron chi connectivity index (χ0n) is 13.6. The molecule has 0 unspecified atom stereocenters. The maximum absolute atomic E-state index is 13.3. The maximum atomic E-state index is 13.3. The van der Waals surface area contributed by atoms with Crippen LogP contribution in [0.1, 0.15) is 46.3 Å². The Morgan fingerprint density at radius 3 is 2.30 bits per heavy atom. The molecule has 0 spiro atoms. The number of para-hydroxylation sites is 1. The summed E-state index contributed by atoms with van der Waals surface area (Å²) in [5.41, 5.74) is -0.767. The van der Waals surface area contributed by atoms with E-state index in [9.17, 15) is 18.0 Å². The van der Waals surface area contributed by atoms with Crippen LogP contribution >= 0.6 is 0 Å². The summed E-state index contributed by atoms with van der Waals surface area (Å²) >= 11 is 0. The molecule has 0 radical (unpaired) electrons. The molecule has 23 heavy (non-hydrogen) atoms. The quantitative estimate of drug-likeness (QED) is 0.754. The van der Waals surface area contributed by atoms with E-state index in [1.54, 1.807) is 6.92 Å². The van der Waals surface area contributed by atoms with Gasteiger partial charge in [-0.05, 0) is 6.07 Å². The minimum absolute atomic E-state index is 0.0477. The van der Waals surface area contributed by atoms with E-state index in [-0.39, 0.29) is 17.1 Å². The molecule has 1 heterocycles. The lowest BCUT2D eigenvalue weighted by atomic mass is 9.87. The van der Waals surface area contributed by atoms with Crippen molar-refractivity contribution >= 4 is 5.97 Å². The Kier molecular flexibility index (Phi) is 4.03. The molecule has 0 saturated heterocycles. The fraction of sp³-hybridized carbons (Fsp3) is 0.562. The van der Waals surface area contributed by atoms with Crippen molar-refractivity contribution in [3.8, 4) is 11.5 Å². The SMILES string of the molecule is CC(=O)O[C@@H](c1cccc2c1O[C@](C)(C(C)(C)C)O2)C(F)(F)F. The molecule has 7 heteroatoms. The molecule has 0 N–H and O–H groups in total. The van der Waals surface area contributed by atoms with Crippen LogP contribution in [0.25, 0.3) is 0 Å². The van der Waals surface area contributed by atoms with Crippen molar-refractivity contribution < 1.29 is 32.2 Å². The minimum atomic E-state index is -4.76. The van der Waals surface area contributed by atoms with Gasteiger partial charge in [-0.3, -0.25) is 4.79 Å². The smallest absolute Gasteiger partial charge is 0.429 e. The zero-order chi connectivity index (χ0) is 17.6. The first-order chi connectivity index (χ1) is 10.3. The molecule has 2 atom stereocenters. The highest BCUT2D eigenvalue weighted by molar-refractivity contribution is 5.67. The van der Waals surface area contributed by atoms with Crippen LogP contribution in [-0.4, -0.2) is 17.9 Å². The van der Waals surface area contributed by atoms with Gasteiger partial charge in [-0.25, -0.2) is 0 Å². The van der Waals surface area contributed by atoms with Crippen molar-refractivity contribution in [3.05, 3.63) is 23.8 Å². The first-order valence-corrected chi connectivity index (χ1v) is 7.10. The third-order valence-electron chi connectivity index (χ3n) is 3.84. The highest BCUT2D eigenvalue weighted by atomic mass is 19.4. The van der Waals surface area contributed by atoms with Crippen molar-refractivity contribution in [1.29, 1.82) is 0 Å². The van der Waals surface area contributed by atoms with Crippen LogP contribution in [0.2, 0.25) is 0 Å². The Labute approximate surface area is 132 Å². The zero-order valence-corrected chi connectivity index (χ0v) is 13.6. The van der Waals surface area contributed by atoms with Crippen molar-refractivity contribution in [2.24, 2.45) is 5.41 Å².